The van der Waals surface area contributed by atoms with Crippen molar-refractivity contribution in [2.24, 2.45) is 16.6 Å². The van der Waals surface area contributed by atoms with Gasteiger partial charge in [-0.25, -0.2) is 0 Å². The molecule has 0 saturated carbocycles. The predicted molar refractivity (Wildman–Crippen MR) is 234 cm³/mol. The Balaban J connectivity index is 1.22. The zero-order valence-corrected chi connectivity index (χ0v) is 31.4. The number of nitrogens with two attached hydrogens (primary N) is 1. The van der Waals surface area contributed by atoms with E-state index in [2.05, 4.69) is 168 Å². The van der Waals surface area contributed by atoms with Gasteiger partial charge in [0.15, 0.2) is 0 Å². The van der Waals surface area contributed by atoms with Crippen LogP contribution < -0.4 is 16.4 Å². The van der Waals surface area contributed by atoms with Gasteiger partial charge >= 0.3 is 0 Å². The molecule has 9 rings (SSSR count). The molecule has 0 heterocycles. The van der Waals surface area contributed by atoms with E-state index in [4.69, 9.17) is 10.7 Å². The van der Waals surface area contributed by atoms with E-state index < -0.39 is 11.7 Å². The molecule has 4 atom stereocenters. The van der Waals surface area contributed by atoms with E-state index in [0.29, 0.717) is 5.92 Å². The summed E-state index contributed by atoms with van der Waals surface area (Å²) in [5, 5.41) is 7.61. The summed E-state index contributed by atoms with van der Waals surface area (Å²) in [6.07, 6.45) is 8.76. The summed E-state index contributed by atoms with van der Waals surface area (Å²) in [5.74, 6) is 0.338. The van der Waals surface area contributed by atoms with Crippen molar-refractivity contribution in [2.45, 2.75) is 37.1 Å². The molecule has 0 saturated heterocycles. The van der Waals surface area contributed by atoms with Crippen molar-refractivity contribution in [3.63, 3.8) is 0 Å². The average Bonchev–Trinajstić information content (AvgIpc) is 3.58. The first kappa shape index (κ1) is 35.4. The topological polar surface area (TPSA) is 62.4 Å². The van der Waals surface area contributed by atoms with Crippen molar-refractivity contribution in [1.29, 1.82) is 0 Å². The fraction of sp³-hybridized carbons (Fsp3) is 0.135. The van der Waals surface area contributed by atoms with Gasteiger partial charge in [0.05, 0.1) is 5.41 Å². The van der Waals surface area contributed by atoms with E-state index >= 15 is 0 Å². The highest BCUT2D eigenvalue weighted by atomic mass is 15.3. The summed E-state index contributed by atoms with van der Waals surface area (Å²) in [4.78, 5) is 5.06. The lowest BCUT2D eigenvalue weighted by Crippen LogP contribution is -2.46. The lowest BCUT2D eigenvalue weighted by Gasteiger charge is -2.43. The summed E-state index contributed by atoms with van der Waals surface area (Å²) in [5.41, 5.74) is 21.1. The van der Waals surface area contributed by atoms with Gasteiger partial charge in [0.1, 0.15) is 12.5 Å². The van der Waals surface area contributed by atoms with Crippen molar-refractivity contribution >= 4 is 11.9 Å². The predicted octanol–water partition coefficient (Wildman–Crippen LogP) is 11.8. The molecule has 0 aromatic heterocycles. The number of aliphatic imine (C=N–C) groups is 1. The van der Waals surface area contributed by atoms with Gasteiger partial charge in [0.2, 0.25) is 0 Å². The number of nitrogens with one attached hydrogen (secondary N) is 2. The standard InChI is InChI=1S/C52H46N4/c53-51(56-50(41-22-10-3-11-23-41)54-36-37-18-6-1-7-19-37)55-49-44(40-32-30-39(31-33-40)38-20-8-2-9-21-38)34-35-46-45-28-16-17-29-47(45)52(48(46)49,42-24-12-4-13-25-42)43-26-14-5-15-27-43/h1-14,16-25,28-36,43,50-51,55-56H,15,26-27,53H2/b54-36+. The molecule has 0 spiro atoms. The zero-order valence-electron chi connectivity index (χ0n) is 31.4. The third kappa shape index (κ3) is 6.68. The molecule has 0 fully saturated rings. The molecule has 0 radical (unpaired) electrons. The van der Waals surface area contributed by atoms with E-state index in [0.717, 1.165) is 47.2 Å². The lowest BCUT2D eigenvalue weighted by atomic mass is 9.60. The van der Waals surface area contributed by atoms with Crippen molar-refractivity contribution in [3.8, 4) is 33.4 Å². The van der Waals surface area contributed by atoms with Crippen LogP contribution in [0, 0.1) is 5.92 Å². The highest BCUT2D eigenvalue weighted by Gasteiger charge is 2.51. The molecular formula is C52H46N4. The van der Waals surface area contributed by atoms with Crippen LogP contribution >= 0.6 is 0 Å². The highest BCUT2D eigenvalue weighted by Crippen LogP contribution is 2.61. The SMILES string of the molecule is NC(Nc1c(-c2ccc(-c3ccccc3)cc2)ccc2c1C(c1ccccc1)(C1CC=CCC1)c1ccccc1-2)NC(/N=C/c1ccccc1)c1ccccc1. The number of benzene rings is 7. The fourth-order valence-corrected chi connectivity index (χ4v) is 9.07. The second-order valence-corrected chi connectivity index (χ2v) is 14.8. The van der Waals surface area contributed by atoms with E-state index in [1.807, 2.05) is 42.6 Å². The van der Waals surface area contributed by atoms with Crippen molar-refractivity contribution in [2.75, 3.05) is 5.32 Å². The van der Waals surface area contributed by atoms with Crippen molar-refractivity contribution in [3.05, 3.63) is 222 Å². The van der Waals surface area contributed by atoms with Crippen LogP contribution in [0.1, 0.15) is 53.2 Å². The normalized spacial score (nSPS) is 18.3. The first-order chi connectivity index (χ1) is 27.7. The van der Waals surface area contributed by atoms with Crippen molar-refractivity contribution in [1.82, 2.24) is 5.32 Å². The number of rotatable bonds is 11. The summed E-state index contributed by atoms with van der Waals surface area (Å²) < 4.78 is 0. The van der Waals surface area contributed by atoms with Gasteiger partial charge in [0, 0.05) is 17.5 Å². The molecule has 7 aromatic rings. The number of hydrogen-bond acceptors (Lipinski definition) is 4. The van der Waals surface area contributed by atoms with Gasteiger partial charge < -0.3 is 5.32 Å². The molecule has 0 bridgehead atoms. The number of hydrogen-bond donors (Lipinski definition) is 3. The van der Waals surface area contributed by atoms with E-state index in [-0.39, 0.29) is 6.17 Å². The summed E-state index contributed by atoms with van der Waals surface area (Å²) >= 11 is 0. The molecule has 4 unspecified atom stereocenters. The Hall–Kier alpha value is -6.33. The van der Waals surface area contributed by atoms with Gasteiger partial charge in [-0.3, -0.25) is 16.0 Å². The van der Waals surface area contributed by atoms with Gasteiger partial charge in [-0.1, -0.05) is 194 Å². The first-order valence-corrected chi connectivity index (χ1v) is 19.8. The Labute approximate surface area is 330 Å². The number of nitrogens with zero attached hydrogens (tertiary/aromatic N) is 1. The third-order valence-corrected chi connectivity index (χ3v) is 11.6. The van der Waals surface area contributed by atoms with Crippen molar-refractivity contribution < 1.29 is 0 Å². The van der Waals surface area contributed by atoms with Gasteiger partial charge in [-0.05, 0) is 80.8 Å². The second-order valence-electron chi connectivity index (χ2n) is 14.8. The van der Waals surface area contributed by atoms with Crippen LogP contribution in [-0.4, -0.2) is 12.5 Å². The fourth-order valence-electron chi connectivity index (χ4n) is 9.07. The van der Waals surface area contributed by atoms with Crippen LogP contribution in [0.15, 0.2) is 199 Å². The Morgan fingerprint density at radius 3 is 1.91 bits per heavy atom. The number of fused-ring (bicyclic) bond motifs is 3. The molecule has 0 amide bonds. The zero-order chi connectivity index (χ0) is 37.7. The largest absolute Gasteiger partial charge is 0.357 e. The molecule has 4 heteroatoms. The van der Waals surface area contributed by atoms with Crippen LogP contribution in [0.5, 0.6) is 0 Å². The smallest absolute Gasteiger partial charge is 0.131 e. The molecule has 274 valence electrons. The molecule has 7 aromatic carbocycles. The summed E-state index contributed by atoms with van der Waals surface area (Å²) in [6, 6.07) is 64.9. The highest BCUT2D eigenvalue weighted by molar-refractivity contribution is 5.95. The van der Waals surface area contributed by atoms with Gasteiger partial charge in [-0.2, -0.15) is 0 Å². The van der Waals surface area contributed by atoms with E-state index in [1.165, 1.54) is 38.9 Å². The summed E-state index contributed by atoms with van der Waals surface area (Å²) in [6.45, 7) is 0. The Bertz CT molecular complexity index is 2460. The number of anilines is 1. The Morgan fingerprint density at radius 1 is 0.589 bits per heavy atom. The molecule has 2 aliphatic rings. The molecule has 56 heavy (non-hydrogen) atoms. The molecule has 0 aliphatic heterocycles. The van der Waals surface area contributed by atoms with Gasteiger partial charge in [-0.15, -0.1) is 0 Å². The Kier molecular flexibility index (Phi) is 9.98. The molecule has 4 N–H and O–H groups in total. The number of allylic oxidation sites excluding steroid dienone is 2. The van der Waals surface area contributed by atoms with Crippen LogP contribution in [0.3, 0.4) is 0 Å². The molecular weight excluding hydrogens is 681 g/mol. The quantitative estimate of drug-likeness (QED) is 0.0706. The first-order valence-electron chi connectivity index (χ1n) is 19.8. The maximum atomic E-state index is 7.26. The van der Waals surface area contributed by atoms with Crippen LogP contribution in [-0.2, 0) is 5.41 Å². The van der Waals surface area contributed by atoms with E-state index in [1.54, 1.807) is 0 Å². The van der Waals surface area contributed by atoms with Crippen LogP contribution in [0.2, 0.25) is 0 Å². The monoisotopic (exact) mass is 726 g/mol. The summed E-state index contributed by atoms with van der Waals surface area (Å²) in [7, 11) is 0. The minimum atomic E-state index is -0.648. The lowest BCUT2D eigenvalue weighted by molar-refractivity contribution is 0.349. The maximum absolute atomic E-state index is 7.26. The molecule has 2 aliphatic carbocycles. The maximum Gasteiger partial charge on any atom is 0.131 e. The minimum Gasteiger partial charge on any atom is -0.357 e. The second kappa shape index (κ2) is 15.8. The van der Waals surface area contributed by atoms with Crippen LogP contribution in [0.4, 0.5) is 5.69 Å². The van der Waals surface area contributed by atoms with Crippen LogP contribution in [0.25, 0.3) is 33.4 Å². The molecule has 4 nitrogen and oxygen atoms in total. The minimum absolute atomic E-state index is 0.338. The average molecular weight is 727 g/mol. The van der Waals surface area contributed by atoms with Gasteiger partial charge in [0.25, 0.3) is 0 Å². The van der Waals surface area contributed by atoms with E-state index in [9.17, 15) is 0 Å². The third-order valence-electron chi connectivity index (χ3n) is 11.6. The Morgan fingerprint density at radius 2 is 1.20 bits per heavy atom.